The second-order valence-corrected chi connectivity index (χ2v) is 7.41. The number of carbonyl (C=O) groups is 2. The average Bonchev–Trinajstić information content (AvgIpc) is 2.75. The number of halogens is 1. The van der Waals surface area contributed by atoms with Crippen LogP contribution in [-0.2, 0) is 9.59 Å². The summed E-state index contributed by atoms with van der Waals surface area (Å²) in [6.07, 6.45) is 0.0176. The van der Waals surface area contributed by atoms with Crippen LogP contribution < -0.4 is 15.5 Å². The molecule has 2 aromatic rings. The second-order valence-electron chi connectivity index (χ2n) is 7.00. The number of hydrogen-bond donors (Lipinski definition) is 2. The van der Waals surface area contributed by atoms with Crippen molar-refractivity contribution in [3.63, 3.8) is 0 Å². The Morgan fingerprint density at radius 1 is 1.00 bits per heavy atom. The summed E-state index contributed by atoms with van der Waals surface area (Å²) in [7, 11) is 0. The van der Waals surface area contributed by atoms with Crippen LogP contribution in [0.2, 0.25) is 5.02 Å². The molecule has 0 aromatic heterocycles. The van der Waals surface area contributed by atoms with E-state index in [2.05, 4.69) is 32.7 Å². The molecule has 1 saturated heterocycles. The molecule has 0 spiro atoms. The van der Waals surface area contributed by atoms with Crippen molar-refractivity contribution in [3.8, 4) is 0 Å². The largest absolute Gasteiger partial charge is 0.368 e. The van der Waals surface area contributed by atoms with E-state index in [1.54, 1.807) is 24.3 Å². The summed E-state index contributed by atoms with van der Waals surface area (Å²) >= 11 is 6.11. The van der Waals surface area contributed by atoms with Crippen LogP contribution in [0.4, 0.5) is 11.4 Å². The summed E-state index contributed by atoms with van der Waals surface area (Å²) < 4.78 is 0. The first kappa shape index (κ1) is 19.3. The van der Waals surface area contributed by atoms with Gasteiger partial charge in [0.2, 0.25) is 17.8 Å². The van der Waals surface area contributed by atoms with Gasteiger partial charge in [0.05, 0.1) is 17.1 Å². The van der Waals surface area contributed by atoms with Crippen LogP contribution >= 0.6 is 11.6 Å². The van der Waals surface area contributed by atoms with E-state index in [0.29, 0.717) is 29.8 Å². The number of amides is 2. The zero-order valence-electron chi connectivity index (χ0n) is 15.8. The molecule has 4 rings (SSSR count). The van der Waals surface area contributed by atoms with Crippen molar-refractivity contribution in [2.24, 2.45) is 4.99 Å². The van der Waals surface area contributed by atoms with E-state index in [-0.39, 0.29) is 18.2 Å². The summed E-state index contributed by atoms with van der Waals surface area (Å²) in [5, 5.41) is 6.03. The predicted octanol–water partition coefficient (Wildman–Crippen LogP) is 2.35. The van der Waals surface area contributed by atoms with E-state index < -0.39 is 6.04 Å². The van der Waals surface area contributed by atoms with Crippen molar-refractivity contribution < 1.29 is 9.59 Å². The highest BCUT2D eigenvalue weighted by Crippen LogP contribution is 2.22. The van der Waals surface area contributed by atoms with Crippen LogP contribution in [0.15, 0.2) is 59.6 Å². The third kappa shape index (κ3) is 4.51. The fourth-order valence-corrected chi connectivity index (χ4v) is 3.67. The first-order chi connectivity index (χ1) is 14.1. The molecule has 2 aliphatic rings. The number of nitrogens with one attached hydrogen (secondary N) is 2. The third-order valence-electron chi connectivity index (χ3n) is 5.04. The standard InChI is InChI=1S/C21H22ClN5O2/c22-16-8-4-5-9-17(16)23-20(29)18-14-19(28)25-21(24-18)27-12-10-26(11-13-27)15-6-2-1-3-7-15/h1-9,18H,10-14H2,(H,23,29)(H,24,25,28)/t18-/m1/s1. The van der Waals surface area contributed by atoms with Gasteiger partial charge in [-0.05, 0) is 24.3 Å². The van der Waals surface area contributed by atoms with Crippen LogP contribution in [-0.4, -0.2) is 54.9 Å². The molecule has 8 heteroatoms. The molecule has 0 aliphatic carbocycles. The molecule has 2 N–H and O–H groups in total. The fraction of sp³-hybridized carbons (Fsp3) is 0.286. The molecule has 1 fully saturated rings. The lowest BCUT2D eigenvalue weighted by Crippen LogP contribution is -2.56. The van der Waals surface area contributed by atoms with Gasteiger partial charge in [0.1, 0.15) is 6.04 Å². The third-order valence-corrected chi connectivity index (χ3v) is 5.37. The summed E-state index contributed by atoms with van der Waals surface area (Å²) in [5.74, 6) is -0.0820. The molecular weight excluding hydrogens is 390 g/mol. The van der Waals surface area contributed by atoms with Gasteiger partial charge in [-0.3, -0.25) is 14.9 Å². The van der Waals surface area contributed by atoms with Crippen molar-refractivity contribution in [2.75, 3.05) is 36.4 Å². The van der Waals surface area contributed by atoms with Gasteiger partial charge in [0, 0.05) is 31.9 Å². The molecule has 2 aliphatic heterocycles. The molecule has 2 amide bonds. The SMILES string of the molecule is O=C1C[C@H](C(=O)Nc2ccccc2Cl)N=C(N2CCN(c3ccccc3)CC2)N1. The number of aliphatic imine (C=N–C) groups is 1. The molecule has 0 bridgehead atoms. The maximum Gasteiger partial charge on any atom is 0.249 e. The quantitative estimate of drug-likeness (QED) is 0.812. The summed E-state index contributed by atoms with van der Waals surface area (Å²) in [6, 6.07) is 16.4. The van der Waals surface area contributed by atoms with E-state index in [4.69, 9.17) is 11.6 Å². The van der Waals surface area contributed by atoms with Crippen molar-refractivity contribution >= 4 is 40.7 Å². The van der Waals surface area contributed by atoms with Crippen LogP contribution in [0.25, 0.3) is 0 Å². The van der Waals surface area contributed by atoms with Crippen LogP contribution in [0.1, 0.15) is 6.42 Å². The molecule has 29 heavy (non-hydrogen) atoms. The monoisotopic (exact) mass is 411 g/mol. The number of nitrogens with zero attached hydrogens (tertiary/aromatic N) is 3. The number of guanidine groups is 1. The number of benzene rings is 2. The normalized spacial score (nSPS) is 19.4. The highest BCUT2D eigenvalue weighted by molar-refractivity contribution is 6.33. The van der Waals surface area contributed by atoms with Crippen molar-refractivity contribution in [2.45, 2.75) is 12.5 Å². The summed E-state index contributed by atoms with van der Waals surface area (Å²) in [6.45, 7) is 3.06. The molecule has 0 radical (unpaired) electrons. The van der Waals surface area contributed by atoms with Gasteiger partial charge in [0.25, 0.3) is 0 Å². The van der Waals surface area contributed by atoms with Crippen molar-refractivity contribution in [1.29, 1.82) is 0 Å². The molecule has 2 heterocycles. The Morgan fingerprint density at radius 3 is 2.38 bits per heavy atom. The van der Waals surface area contributed by atoms with E-state index in [1.165, 1.54) is 5.69 Å². The molecule has 0 saturated carbocycles. The van der Waals surface area contributed by atoms with Gasteiger partial charge in [-0.2, -0.15) is 0 Å². The average molecular weight is 412 g/mol. The topological polar surface area (TPSA) is 77.0 Å². The number of piperazine rings is 1. The Labute approximate surface area is 174 Å². The lowest BCUT2D eigenvalue weighted by molar-refractivity contribution is -0.125. The van der Waals surface area contributed by atoms with Crippen LogP contribution in [0.5, 0.6) is 0 Å². The molecule has 2 aromatic carbocycles. The lowest BCUT2D eigenvalue weighted by atomic mass is 10.1. The van der Waals surface area contributed by atoms with Gasteiger partial charge in [-0.15, -0.1) is 0 Å². The van der Waals surface area contributed by atoms with E-state index in [9.17, 15) is 9.59 Å². The minimum Gasteiger partial charge on any atom is -0.368 e. The number of carbonyl (C=O) groups excluding carboxylic acids is 2. The lowest BCUT2D eigenvalue weighted by Gasteiger charge is -2.38. The molecule has 7 nitrogen and oxygen atoms in total. The first-order valence-electron chi connectivity index (χ1n) is 9.58. The predicted molar refractivity (Wildman–Crippen MR) is 114 cm³/mol. The minimum absolute atomic E-state index is 0.0176. The molecule has 1 atom stereocenters. The van der Waals surface area contributed by atoms with Crippen molar-refractivity contribution in [1.82, 2.24) is 10.2 Å². The number of para-hydroxylation sites is 2. The highest BCUT2D eigenvalue weighted by atomic mass is 35.5. The van der Waals surface area contributed by atoms with Gasteiger partial charge < -0.3 is 15.1 Å². The Balaban J connectivity index is 1.42. The van der Waals surface area contributed by atoms with Crippen molar-refractivity contribution in [3.05, 3.63) is 59.6 Å². The zero-order valence-corrected chi connectivity index (χ0v) is 16.6. The Bertz CT molecular complexity index is 926. The van der Waals surface area contributed by atoms with Gasteiger partial charge in [-0.25, -0.2) is 4.99 Å². The highest BCUT2D eigenvalue weighted by Gasteiger charge is 2.30. The van der Waals surface area contributed by atoms with Gasteiger partial charge in [0.15, 0.2) is 0 Å². The summed E-state index contributed by atoms with van der Waals surface area (Å²) in [4.78, 5) is 33.7. The summed E-state index contributed by atoms with van der Waals surface area (Å²) in [5.41, 5.74) is 1.69. The van der Waals surface area contributed by atoms with Gasteiger partial charge >= 0.3 is 0 Å². The smallest absolute Gasteiger partial charge is 0.249 e. The molecule has 0 unspecified atom stereocenters. The number of hydrogen-bond acceptors (Lipinski definition) is 5. The van der Waals surface area contributed by atoms with Crippen LogP contribution in [0.3, 0.4) is 0 Å². The Morgan fingerprint density at radius 2 is 1.66 bits per heavy atom. The first-order valence-corrected chi connectivity index (χ1v) is 9.96. The van der Waals surface area contributed by atoms with E-state index in [1.807, 2.05) is 23.1 Å². The number of anilines is 2. The Kier molecular flexibility index (Phi) is 5.67. The van der Waals surface area contributed by atoms with E-state index in [0.717, 1.165) is 13.1 Å². The zero-order chi connectivity index (χ0) is 20.2. The molecule has 150 valence electrons. The maximum absolute atomic E-state index is 12.6. The maximum atomic E-state index is 12.6. The minimum atomic E-state index is -0.776. The Hall–Kier alpha value is -3.06. The van der Waals surface area contributed by atoms with E-state index >= 15 is 0 Å². The number of rotatable bonds is 3. The molecular formula is C21H22ClN5O2. The fourth-order valence-electron chi connectivity index (χ4n) is 3.48. The van der Waals surface area contributed by atoms with Crippen LogP contribution in [0, 0.1) is 0 Å². The van der Waals surface area contributed by atoms with Gasteiger partial charge in [-0.1, -0.05) is 41.9 Å². The second kappa shape index (κ2) is 8.53.